The van der Waals surface area contributed by atoms with E-state index in [0.29, 0.717) is 23.6 Å². The molecule has 0 unspecified atom stereocenters. The van der Waals surface area contributed by atoms with Crippen molar-refractivity contribution in [3.05, 3.63) is 59.4 Å². The molecule has 2 amide bonds. The predicted octanol–water partition coefficient (Wildman–Crippen LogP) is 2.84. The van der Waals surface area contributed by atoms with Crippen LogP contribution in [0.25, 0.3) is 0 Å². The summed E-state index contributed by atoms with van der Waals surface area (Å²) in [5, 5.41) is 5.41. The molecule has 0 saturated carbocycles. The van der Waals surface area contributed by atoms with Crippen molar-refractivity contribution in [1.82, 2.24) is 10.6 Å². The Bertz CT molecular complexity index is 677. The number of hydrogen-bond acceptors (Lipinski definition) is 3. The molecule has 0 aliphatic heterocycles. The highest BCUT2D eigenvalue weighted by Crippen LogP contribution is 2.27. The van der Waals surface area contributed by atoms with Crippen LogP contribution >= 0.6 is 0 Å². The fourth-order valence-electron chi connectivity index (χ4n) is 2.06. The number of carbonyl (C=O) groups excluding carboxylic acids is 1. The number of rotatable bonds is 6. The quantitative estimate of drug-likeness (QED) is 0.861. The van der Waals surface area contributed by atoms with Crippen LogP contribution in [0.15, 0.2) is 42.5 Å². The minimum Gasteiger partial charge on any atom is -0.493 e. The number of ether oxygens (including phenoxy) is 2. The van der Waals surface area contributed by atoms with Gasteiger partial charge in [-0.1, -0.05) is 18.2 Å². The average molecular weight is 318 g/mol. The molecule has 0 spiro atoms. The third-order valence-electron chi connectivity index (χ3n) is 3.24. The van der Waals surface area contributed by atoms with E-state index in [4.69, 9.17) is 9.47 Å². The second kappa shape index (κ2) is 8.03. The SMILES string of the molecule is COc1ccc(CNC(=O)NCc2cccc(F)c2)cc1OC. The Morgan fingerprint density at radius 1 is 0.957 bits per heavy atom. The molecule has 23 heavy (non-hydrogen) atoms. The van der Waals surface area contributed by atoms with E-state index >= 15 is 0 Å². The number of carbonyl (C=O) groups is 1. The summed E-state index contributed by atoms with van der Waals surface area (Å²) >= 11 is 0. The molecule has 0 bridgehead atoms. The van der Waals surface area contributed by atoms with E-state index in [2.05, 4.69) is 10.6 Å². The van der Waals surface area contributed by atoms with E-state index in [0.717, 1.165) is 5.56 Å². The van der Waals surface area contributed by atoms with Gasteiger partial charge >= 0.3 is 6.03 Å². The third-order valence-corrected chi connectivity index (χ3v) is 3.24. The van der Waals surface area contributed by atoms with Crippen LogP contribution in [0.5, 0.6) is 11.5 Å². The molecule has 5 nitrogen and oxygen atoms in total. The molecular formula is C17H19FN2O3. The maximum Gasteiger partial charge on any atom is 0.315 e. The summed E-state index contributed by atoms with van der Waals surface area (Å²) in [6, 6.07) is 11.2. The summed E-state index contributed by atoms with van der Waals surface area (Å²) in [5.41, 5.74) is 1.58. The van der Waals surface area contributed by atoms with E-state index in [1.54, 1.807) is 38.5 Å². The van der Waals surface area contributed by atoms with Crippen LogP contribution in [0.1, 0.15) is 11.1 Å². The van der Waals surface area contributed by atoms with E-state index in [9.17, 15) is 9.18 Å². The first-order valence-electron chi connectivity index (χ1n) is 7.09. The van der Waals surface area contributed by atoms with Crippen molar-refractivity contribution in [3.8, 4) is 11.5 Å². The largest absolute Gasteiger partial charge is 0.493 e. The maximum absolute atomic E-state index is 13.0. The van der Waals surface area contributed by atoms with Crippen LogP contribution < -0.4 is 20.1 Å². The van der Waals surface area contributed by atoms with E-state index in [-0.39, 0.29) is 18.4 Å². The Balaban J connectivity index is 1.84. The standard InChI is InChI=1S/C17H19FN2O3/c1-22-15-7-6-13(9-16(15)23-2)11-20-17(21)19-10-12-4-3-5-14(18)8-12/h3-9H,10-11H2,1-2H3,(H2,19,20,21). The number of benzene rings is 2. The van der Waals surface area contributed by atoms with Gasteiger partial charge in [-0.15, -0.1) is 0 Å². The zero-order chi connectivity index (χ0) is 16.7. The van der Waals surface area contributed by atoms with Gasteiger partial charge in [0.1, 0.15) is 5.82 Å². The van der Waals surface area contributed by atoms with Crippen molar-refractivity contribution in [2.45, 2.75) is 13.1 Å². The first kappa shape index (κ1) is 16.6. The Morgan fingerprint density at radius 3 is 2.22 bits per heavy atom. The number of methoxy groups -OCH3 is 2. The van der Waals surface area contributed by atoms with Crippen LogP contribution in [-0.2, 0) is 13.1 Å². The molecule has 0 atom stereocenters. The molecule has 0 heterocycles. The highest BCUT2D eigenvalue weighted by Gasteiger charge is 2.06. The van der Waals surface area contributed by atoms with Gasteiger partial charge in [0.25, 0.3) is 0 Å². The van der Waals surface area contributed by atoms with Crippen LogP contribution in [0.3, 0.4) is 0 Å². The van der Waals surface area contributed by atoms with Crippen LogP contribution in [0, 0.1) is 5.82 Å². The normalized spacial score (nSPS) is 10.0. The topological polar surface area (TPSA) is 59.6 Å². The summed E-state index contributed by atoms with van der Waals surface area (Å²) in [4.78, 5) is 11.8. The molecule has 2 aromatic rings. The zero-order valence-corrected chi connectivity index (χ0v) is 13.1. The van der Waals surface area contributed by atoms with Gasteiger partial charge in [0.15, 0.2) is 11.5 Å². The molecule has 0 aliphatic rings. The highest BCUT2D eigenvalue weighted by atomic mass is 19.1. The van der Waals surface area contributed by atoms with E-state index < -0.39 is 0 Å². The molecule has 0 radical (unpaired) electrons. The zero-order valence-electron chi connectivity index (χ0n) is 13.1. The minimum absolute atomic E-state index is 0.259. The Morgan fingerprint density at radius 2 is 1.61 bits per heavy atom. The first-order chi connectivity index (χ1) is 11.1. The molecule has 122 valence electrons. The van der Waals surface area contributed by atoms with Gasteiger partial charge in [-0.25, -0.2) is 9.18 Å². The van der Waals surface area contributed by atoms with Crippen molar-refractivity contribution >= 4 is 6.03 Å². The van der Waals surface area contributed by atoms with Crippen molar-refractivity contribution in [2.75, 3.05) is 14.2 Å². The second-order valence-electron chi connectivity index (χ2n) is 4.86. The van der Waals surface area contributed by atoms with E-state index in [1.165, 1.54) is 12.1 Å². The Kier molecular flexibility index (Phi) is 5.80. The molecule has 0 saturated heterocycles. The third kappa shape index (κ3) is 4.88. The molecule has 2 rings (SSSR count). The van der Waals surface area contributed by atoms with Gasteiger partial charge in [0.05, 0.1) is 14.2 Å². The summed E-state index contributed by atoms with van der Waals surface area (Å²) in [7, 11) is 3.12. The van der Waals surface area contributed by atoms with Gasteiger partial charge in [0, 0.05) is 13.1 Å². The summed E-state index contributed by atoms with van der Waals surface area (Å²) in [6.07, 6.45) is 0. The number of halogens is 1. The molecule has 6 heteroatoms. The maximum atomic E-state index is 13.0. The Hall–Kier alpha value is -2.76. The highest BCUT2D eigenvalue weighted by molar-refractivity contribution is 5.73. The smallest absolute Gasteiger partial charge is 0.315 e. The van der Waals surface area contributed by atoms with Crippen LogP contribution in [0.2, 0.25) is 0 Å². The van der Waals surface area contributed by atoms with Gasteiger partial charge in [-0.3, -0.25) is 0 Å². The van der Waals surface area contributed by atoms with Crippen LogP contribution in [0.4, 0.5) is 9.18 Å². The molecule has 2 N–H and O–H groups in total. The van der Waals surface area contributed by atoms with Crippen molar-refractivity contribution < 1.29 is 18.7 Å². The Labute approximate surface area is 134 Å². The summed E-state index contributed by atoms with van der Waals surface area (Å²) in [5.74, 6) is 0.911. The lowest BCUT2D eigenvalue weighted by Gasteiger charge is -2.11. The van der Waals surface area contributed by atoms with Gasteiger partial charge in [-0.05, 0) is 35.4 Å². The monoisotopic (exact) mass is 318 g/mol. The van der Waals surface area contributed by atoms with Crippen molar-refractivity contribution in [1.29, 1.82) is 0 Å². The molecule has 0 aromatic heterocycles. The second-order valence-corrected chi connectivity index (χ2v) is 4.86. The average Bonchev–Trinajstić information content (AvgIpc) is 2.57. The lowest BCUT2D eigenvalue weighted by Crippen LogP contribution is -2.34. The lowest BCUT2D eigenvalue weighted by atomic mass is 10.2. The predicted molar refractivity (Wildman–Crippen MR) is 85.0 cm³/mol. The lowest BCUT2D eigenvalue weighted by molar-refractivity contribution is 0.240. The summed E-state index contributed by atoms with van der Waals surface area (Å²) < 4.78 is 23.4. The minimum atomic E-state index is -0.330. The van der Waals surface area contributed by atoms with Crippen molar-refractivity contribution in [2.24, 2.45) is 0 Å². The number of hydrogen-bond donors (Lipinski definition) is 2. The number of urea groups is 1. The number of amides is 2. The van der Waals surface area contributed by atoms with Gasteiger partial charge in [0.2, 0.25) is 0 Å². The molecular weight excluding hydrogens is 299 g/mol. The number of nitrogens with one attached hydrogen (secondary N) is 2. The fraction of sp³-hybridized carbons (Fsp3) is 0.235. The van der Waals surface area contributed by atoms with Gasteiger partial charge < -0.3 is 20.1 Å². The van der Waals surface area contributed by atoms with Crippen molar-refractivity contribution in [3.63, 3.8) is 0 Å². The summed E-state index contributed by atoms with van der Waals surface area (Å²) in [6.45, 7) is 0.602. The molecule has 0 fully saturated rings. The van der Waals surface area contributed by atoms with E-state index in [1.807, 2.05) is 6.07 Å². The fourth-order valence-corrected chi connectivity index (χ4v) is 2.06. The van der Waals surface area contributed by atoms with Gasteiger partial charge in [-0.2, -0.15) is 0 Å². The molecule has 0 aliphatic carbocycles. The molecule has 2 aromatic carbocycles. The van der Waals surface area contributed by atoms with Crippen LogP contribution in [-0.4, -0.2) is 20.3 Å². The first-order valence-corrected chi connectivity index (χ1v) is 7.09.